The summed E-state index contributed by atoms with van der Waals surface area (Å²) in [5.74, 6) is 0.0324. The first-order valence-electron chi connectivity index (χ1n) is 3.03. The molecule has 1 aliphatic rings. The van der Waals surface area contributed by atoms with Gasteiger partial charge in [-0.25, -0.2) is 4.39 Å². The molecule has 0 nitrogen and oxygen atoms in total. The van der Waals surface area contributed by atoms with Crippen LogP contribution in [0, 0.1) is 5.92 Å². The molecule has 2 heteroatoms. The van der Waals surface area contributed by atoms with Gasteiger partial charge in [0.05, 0.1) is 6.67 Å². The van der Waals surface area contributed by atoms with Gasteiger partial charge in [0.15, 0.2) is 0 Å². The molecule has 0 radical (unpaired) electrons. The molecule has 48 valence electrons. The highest BCUT2D eigenvalue weighted by atomic mass is 19.1. The second kappa shape index (κ2) is 2.42. The van der Waals surface area contributed by atoms with E-state index in [1.54, 1.807) is 0 Å². The van der Waals surface area contributed by atoms with Gasteiger partial charge < -0.3 is 0 Å². The zero-order valence-corrected chi connectivity index (χ0v) is 4.74. The van der Waals surface area contributed by atoms with E-state index in [9.17, 15) is 8.78 Å². The van der Waals surface area contributed by atoms with Crippen molar-refractivity contribution in [2.45, 2.75) is 25.4 Å². The topological polar surface area (TPSA) is 0 Å². The minimum absolute atomic E-state index is 0.0324. The first kappa shape index (κ1) is 5.99. The molecule has 0 aliphatic heterocycles. The fraction of sp³-hybridized carbons (Fsp3) is 1.00. The van der Waals surface area contributed by atoms with Crippen LogP contribution in [-0.4, -0.2) is 12.8 Å². The third-order valence-corrected chi connectivity index (χ3v) is 1.70. The highest BCUT2D eigenvalue weighted by Crippen LogP contribution is 2.27. The van der Waals surface area contributed by atoms with Crippen LogP contribution in [0.15, 0.2) is 0 Å². The third kappa shape index (κ3) is 1.17. The molecule has 1 fully saturated rings. The third-order valence-electron chi connectivity index (χ3n) is 1.70. The lowest BCUT2D eigenvalue weighted by Gasteiger charge is -1.97. The van der Waals surface area contributed by atoms with Gasteiger partial charge in [-0.2, -0.15) is 0 Å². The van der Waals surface area contributed by atoms with Crippen LogP contribution in [0.25, 0.3) is 0 Å². The minimum atomic E-state index is -0.712. The predicted molar refractivity (Wildman–Crippen MR) is 28.2 cm³/mol. The lowest BCUT2D eigenvalue weighted by molar-refractivity contribution is 0.308. The summed E-state index contributed by atoms with van der Waals surface area (Å²) >= 11 is 0. The van der Waals surface area contributed by atoms with Crippen molar-refractivity contribution in [2.24, 2.45) is 5.92 Å². The molecule has 8 heavy (non-hydrogen) atoms. The first-order valence-corrected chi connectivity index (χ1v) is 3.03. The highest BCUT2D eigenvalue weighted by Gasteiger charge is 2.23. The van der Waals surface area contributed by atoms with Crippen molar-refractivity contribution >= 4 is 0 Å². The van der Waals surface area contributed by atoms with Crippen LogP contribution in [0.5, 0.6) is 0 Å². The van der Waals surface area contributed by atoms with E-state index in [1.807, 2.05) is 0 Å². The maximum atomic E-state index is 12.2. The maximum Gasteiger partial charge on any atom is 0.100 e. The van der Waals surface area contributed by atoms with E-state index < -0.39 is 6.17 Å². The van der Waals surface area contributed by atoms with E-state index in [0.29, 0.717) is 12.8 Å². The smallest absolute Gasteiger partial charge is 0.100 e. The van der Waals surface area contributed by atoms with Gasteiger partial charge >= 0.3 is 0 Å². The first-order chi connectivity index (χ1) is 3.83. The molecule has 0 saturated heterocycles. The van der Waals surface area contributed by atoms with Crippen LogP contribution in [0.3, 0.4) is 0 Å². The summed E-state index contributed by atoms with van der Waals surface area (Å²) in [6.45, 7) is -0.333. The van der Waals surface area contributed by atoms with E-state index in [0.717, 1.165) is 6.42 Å². The molecule has 1 aliphatic carbocycles. The number of rotatable bonds is 1. The number of hydrogen-bond donors (Lipinski definition) is 0. The SMILES string of the molecule is FCC1CCC(F)C1. The Kier molecular flexibility index (Phi) is 1.81. The van der Waals surface area contributed by atoms with Gasteiger partial charge in [0.2, 0.25) is 0 Å². The summed E-state index contributed by atoms with van der Waals surface area (Å²) in [6.07, 6.45) is 1.07. The van der Waals surface area contributed by atoms with Gasteiger partial charge in [-0.1, -0.05) is 0 Å². The predicted octanol–water partition coefficient (Wildman–Crippen LogP) is 2.09. The standard InChI is InChI=1S/C6H10F2/c7-4-5-1-2-6(8)3-5/h5-6H,1-4H2. The summed E-state index contributed by atoms with van der Waals surface area (Å²) in [5, 5.41) is 0. The number of alkyl halides is 2. The van der Waals surface area contributed by atoms with E-state index in [-0.39, 0.29) is 12.6 Å². The van der Waals surface area contributed by atoms with Gasteiger partial charge in [0, 0.05) is 0 Å². The zero-order valence-electron chi connectivity index (χ0n) is 4.74. The van der Waals surface area contributed by atoms with E-state index >= 15 is 0 Å². The molecule has 2 unspecified atom stereocenters. The number of halogens is 2. The average Bonchev–Trinajstić information content (AvgIpc) is 2.14. The molecule has 0 aromatic rings. The normalized spacial score (nSPS) is 38.2. The molecule has 0 aromatic carbocycles. The van der Waals surface area contributed by atoms with Gasteiger partial charge in [-0.3, -0.25) is 4.39 Å². The molecular weight excluding hydrogens is 110 g/mol. The largest absolute Gasteiger partial charge is 0.251 e. The average molecular weight is 120 g/mol. The van der Waals surface area contributed by atoms with Crippen molar-refractivity contribution in [3.05, 3.63) is 0 Å². The van der Waals surface area contributed by atoms with E-state index in [4.69, 9.17) is 0 Å². The Morgan fingerprint density at radius 1 is 1.38 bits per heavy atom. The van der Waals surface area contributed by atoms with Crippen LogP contribution in [0.2, 0.25) is 0 Å². The Morgan fingerprint density at radius 3 is 2.38 bits per heavy atom. The van der Waals surface area contributed by atoms with E-state index in [1.165, 1.54) is 0 Å². The lowest BCUT2D eigenvalue weighted by atomic mass is 10.1. The monoisotopic (exact) mass is 120 g/mol. The molecule has 0 heterocycles. The van der Waals surface area contributed by atoms with Crippen LogP contribution in [0.4, 0.5) is 8.78 Å². The molecule has 2 atom stereocenters. The van der Waals surface area contributed by atoms with Crippen molar-refractivity contribution in [2.75, 3.05) is 6.67 Å². The van der Waals surface area contributed by atoms with Gasteiger partial charge in [0.1, 0.15) is 6.17 Å². The molecule has 1 saturated carbocycles. The van der Waals surface area contributed by atoms with Crippen molar-refractivity contribution in [1.29, 1.82) is 0 Å². The Bertz CT molecular complexity index is 72.9. The summed E-state index contributed by atoms with van der Waals surface area (Å²) in [7, 11) is 0. The molecule has 1 rings (SSSR count). The van der Waals surface area contributed by atoms with Crippen LogP contribution < -0.4 is 0 Å². The number of hydrogen-bond acceptors (Lipinski definition) is 0. The van der Waals surface area contributed by atoms with Crippen molar-refractivity contribution in [3.63, 3.8) is 0 Å². The summed E-state index contributed by atoms with van der Waals surface area (Å²) in [5.41, 5.74) is 0. The van der Waals surface area contributed by atoms with Gasteiger partial charge in [0.25, 0.3) is 0 Å². The second-order valence-corrected chi connectivity index (χ2v) is 2.43. The van der Waals surface area contributed by atoms with Gasteiger partial charge in [-0.15, -0.1) is 0 Å². The van der Waals surface area contributed by atoms with Gasteiger partial charge in [-0.05, 0) is 25.2 Å². The highest BCUT2D eigenvalue weighted by molar-refractivity contribution is 4.73. The molecule has 0 N–H and O–H groups in total. The Labute approximate surface area is 47.9 Å². The Morgan fingerprint density at radius 2 is 2.12 bits per heavy atom. The van der Waals surface area contributed by atoms with Crippen molar-refractivity contribution in [1.82, 2.24) is 0 Å². The molecule has 0 bridgehead atoms. The quantitative estimate of drug-likeness (QED) is 0.497. The fourth-order valence-electron chi connectivity index (χ4n) is 1.15. The van der Waals surface area contributed by atoms with Crippen molar-refractivity contribution in [3.8, 4) is 0 Å². The van der Waals surface area contributed by atoms with Crippen LogP contribution in [-0.2, 0) is 0 Å². The second-order valence-electron chi connectivity index (χ2n) is 2.43. The lowest BCUT2D eigenvalue weighted by Crippen LogP contribution is -1.96. The summed E-state index contributed by atoms with van der Waals surface area (Å²) in [6, 6.07) is 0. The molecule has 0 aromatic heterocycles. The Hall–Kier alpha value is -0.140. The van der Waals surface area contributed by atoms with Crippen LogP contribution in [0.1, 0.15) is 19.3 Å². The summed E-state index contributed by atoms with van der Waals surface area (Å²) in [4.78, 5) is 0. The van der Waals surface area contributed by atoms with E-state index in [2.05, 4.69) is 0 Å². The maximum absolute atomic E-state index is 12.2. The molecular formula is C6H10F2. The Balaban J connectivity index is 2.22. The zero-order chi connectivity index (χ0) is 5.98. The van der Waals surface area contributed by atoms with Crippen LogP contribution >= 0.6 is 0 Å². The minimum Gasteiger partial charge on any atom is -0.251 e. The van der Waals surface area contributed by atoms with Crippen molar-refractivity contribution < 1.29 is 8.78 Å². The summed E-state index contributed by atoms with van der Waals surface area (Å²) < 4.78 is 23.9. The molecule has 0 spiro atoms. The fourth-order valence-corrected chi connectivity index (χ4v) is 1.15. The molecule has 0 amide bonds.